The Morgan fingerprint density at radius 3 is 2.42 bits per heavy atom. The maximum Gasteiger partial charge on any atom is 0.193 e. The summed E-state index contributed by atoms with van der Waals surface area (Å²) in [6.45, 7) is 6.09. The van der Waals surface area contributed by atoms with Gasteiger partial charge in [0.05, 0.1) is 0 Å². The van der Waals surface area contributed by atoms with Gasteiger partial charge in [0.15, 0.2) is 5.16 Å². The third-order valence-corrected chi connectivity index (χ3v) is 3.42. The van der Waals surface area contributed by atoms with Gasteiger partial charge in [-0.1, -0.05) is 13.8 Å². The van der Waals surface area contributed by atoms with Gasteiger partial charge in [-0.2, -0.15) is 0 Å². The third-order valence-electron chi connectivity index (χ3n) is 2.51. The van der Waals surface area contributed by atoms with Gasteiger partial charge in [-0.15, -0.1) is 0 Å². The highest BCUT2D eigenvalue weighted by Gasteiger charge is 2.16. The van der Waals surface area contributed by atoms with E-state index in [0.717, 1.165) is 16.2 Å². The lowest BCUT2D eigenvalue weighted by Crippen LogP contribution is -2.13. The molecule has 2 rings (SSSR count). The van der Waals surface area contributed by atoms with E-state index in [1.54, 1.807) is 12.4 Å². The Bertz CT molecular complexity index is 555. The number of nitrogen functional groups attached to an aromatic ring is 1. The first-order valence-corrected chi connectivity index (χ1v) is 6.71. The molecule has 0 saturated carbocycles. The average Bonchev–Trinajstić information content (AvgIpc) is 2.40. The fourth-order valence-corrected chi connectivity index (χ4v) is 2.54. The molecule has 0 radical (unpaired) electrons. The van der Waals surface area contributed by atoms with Crippen LogP contribution in [0.15, 0.2) is 28.9 Å². The Balaban J connectivity index is 2.36. The Morgan fingerprint density at radius 2 is 1.84 bits per heavy atom. The molecule has 2 heterocycles. The summed E-state index contributed by atoms with van der Waals surface area (Å²) in [5.41, 5.74) is 4.61. The quantitative estimate of drug-likeness (QED) is 0.382. The molecule has 0 bridgehead atoms. The van der Waals surface area contributed by atoms with E-state index in [1.807, 2.05) is 6.92 Å². The van der Waals surface area contributed by atoms with Crippen molar-refractivity contribution in [3.8, 4) is 0 Å². The van der Waals surface area contributed by atoms with E-state index in [-0.39, 0.29) is 5.92 Å². The van der Waals surface area contributed by atoms with Crippen molar-refractivity contribution in [3.05, 3.63) is 29.8 Å². The zero-order valence-corrected chi connectivity index (χ0v) is 11.9. The van der Waals surface area contributed by atoms with Gasteiger partial charge in [0.2, 0.25) is 0 Å². The fraction of sp³-hybridized carbons (Fsp3) is 0.333. The van der Waals surface area contributed by atoms with Crippen LogP contribution < -0.4 is 11.3 Å². The fourth-order valence-electron chi connectivity index (χ4n) is 1.62. The molecule has 0 atom stereocenters. The topological polar surface area (TPSA) is 89.6 Å². The minimum atomic E-state index is 0.250. The minimum absolute atomic E-state index is 0.250. The van der Waals surface area contributed by atoms with Crippen molar-refractivity contribution in [2.24, 2.45) is 5.84 Å². The average molecular weight is 276 g/mol. The van der Waals surface area contributed by atoms with Crippen LogP contribution in [0.2, 0.25) is 0 Å². The van der Waals surface area contributed by atoms with Crippen molar-refractivity contribution < 1.29 is 0 Å². The smallest absolute Gasteiger partial charge is 0.193 e. The molecule has 0 fully saturated rings. The summed E-state index contributed by atoms with van der Waals surface area (Å²) in [6.07, 6.45) is 5.05. The number of hydrazine groups is 1. The van der Waals surface area contributed by atoms with Crippen LogP contribution in [0.3, 0.4) is 0 Å². The van der Waals surface area contributed by atoms with Crippen LogP contribution in [-0.2, 0) is 0 Å². The second kappa shape index (κ2) is 5.94. The van der Waals surface area contributed by atoms with Crippen LogP contribution in [-0.4, -0.2) is 19.9 Å². The molecule has 0 amide bonds. The van der Waals surface area contributed by atoms with Crippen LogP contribution in [0.1, 0.15) is 30.9 Å². The van der Waals surface area contributed by atoms with Crippen molar-refractivity contribution in [1.82, 2.24) is 19.9 Å². The van der Waals surface area contributed by atoms with Crippen molar-refractivity contribution >= 4 is 17.6 Å². The first kappa shape index (κ1) is 13.7. The van der Waals surface area contributed by atoms with E-state index in [9.17, 15) is 0 Å². The lowest BCUT2D eigenvalue weighted by atomic mass is 10.1. The summed E-state index contributed by atoms with van der Waals surface area (Å²) in [5.74, 6) is 6.38. The number of hydrogen-bond donors (Lipinski definition) is 2. The van der Waals surface area contributed by atoms with E-state index in [4.69, 9.17) is 5.84 Å². The molecule has 0 aliphatic rings. The highest BCUT2D eigenvalue weighted by Crippen LogP contribution is 2.33. The van der Waals surface area contributed by atoms with E-state index < -0.39 is 0 Å². The van der Waals surface area contributed by atoms with Crippen LogP contribution in [0.5, 0.6) is 0 Å². The lowest BCUT2D eigenvalue weighted by Gasteiger charge is -2.14. The van der Waals surface area contributed by atoms with E-state index in [1.165, 1.54) is 18.1 Å². The van der Waals surface area contributed by atoms with E-state index in [2.05, 4.69) is 39.2 Å². The Labute approximate surface area is 116 Å². The minimum Gasteiger partial charge on any atom is -0.308 e. The molecule has 3 N–H and O–H groups in total. The molecule has 19 heavy (non-hydrogen) atoms. The van der Waals surface area contributed by atoms with Gasteiger partial charge in [0, 0.05) is 18.0 Å². The molecule has 100 valence electrons. The molecular formula is C12H16N6S. The number of nitrogens with one attached hydrogen (secondary N) is 1. The van der Waals surface area contributed by atoms with Gasteiger partial charge in [0.1, 0.15) is 17.2 Å². The SMILES string of the molecule is Cc1cnc(Sc2ncnc(NN)c2C(C)C)nc1. The van der Waals surface area contributed by atoms with Gasteiger partial charge in [0.25, 0.3) is 0 Å². The second-order valence-electron chi connectivity index (χ2n) is 4.39. The molecule has 7 heteroatoms. The van der Waals surface area contributed by atoms with Gasteiger partial charge in [-0.05, 0) is 30.2 Å². The number of rotatable bonds is 4. The normalized spacial score (nSPS) is 10.8. The lowest BCUT2D eigenvalue weighted by molar-refractivity contribution is 0.801. The summed E-state index contributed by atoms with van der Waals surface area (Å²) < 4.78 is 0. The van der Waals surface area contributed by atoms with Crippen LogP contribution in [0.25, 0.3) is 0 Å². The molecule has 0 aliphatic heterocycles. The molecule has 2 aromatic rings. The van der Waals surface area contributed by atoms with Crippen molar-refractivity contribution in [1.29, 1.82) is 0 Å². The van der Waals surface area contributed by atoms with Crippen LogP contribution in [0.4, 0.5) is 5.82 Å². The zero-order chi connectivity index (χ0) is 13.8. The second-order valence-corrected chi connectivity index (χ2v) is 5.34. The maximum absolute atomic E-state index is 5.49. The molecule has 0 unspecified atom stereocenters. The Kier molecular flexibility index (Phi) is 4.28. The van der Waals surface area contributed by atoms with Gasteiger partial charge in [-0.3, -0.25) is 0 Å². The number of aromatic nitrogens is 4. The van der Waals surface area contributed by atoms with Gasteiger partial charge < -0.3 is 5.43 Å². The van der Waals surface area contributed by atoms with Crippen molar-refractivity contribution in [2.45, 2.75) is 36.9 Å². The molecule has 0 saturated heterocycles. The largest absolute Gasteiger partial charge is 0.308 e. The predicted octanol–water partition coefficient (Wildman–Crippen LogP) is 2.14. The highest BCUT2D eigenvalue weighted by molar-refractivity contribution is 7.99. The molecule has 2 aromatic heterocycles. The Morgan fingerprint density at radius 1 is 1.16 bits per heavy atom. The van der Waals surface area contributed by atoms with Gasteiger partial charge in [-0.25, -0.2) is 25.8 Å². The summed E-state index contributed by atoms with van der Waals surface area (Å²) in [4.78, 5) is 17.0. The number of hydrogen-bond acceptors (Lipinski definition) is 7. The highest BCUT2D eigenvalue weighted by atomic mass is 32.2. The van der Waals surface area contributed by atoms with Crippen LogP contribution in [0, 0.1) is 6.92 Å². The number of nitrogens with two attached hydrogens (primary N) is 1. The summed E-state index contributed by atoms with van der Waals surface area (Å²) >= 11 is 1.41. The Hall–Kier alpha value is -1.73. The van der Waals surface area contributed by atoms with Crippen LogP contribution >= 0.6 is 11.8 Å². The van der Waals surface area contributed by atoms with E-state index in [0.29, 0.717) is 11.0 Å². The zero-order valence-electron chi connectivity index (χ0n) is 11.1. The molecule has 0 aromatic carbocycles. The number of anilines is 1. The summed E-state index contributed by atoms with van der Waals surface area (Å²) in [6, 6.07) is 0. The molecular weight excluding hydrogens is 260 g/mol. The summed E-state index contributed by atoms with van der Waals surface area (Å²) in [7, 11) is 0. The molecule has 0 aliphatic carbocycles. The maximum atomic E-state index is 5.49. The number of nitrogens with zero attached hydrogens (tertiary/aromatic N) is 4. The van der Waals surface area contributed by atoms with Crippen molar-refractivity contribution in [2.75, 3.05) is 5.43 Å². The first-order valence-electron chi connectivity index (χ1n) is 5.89. The van der Waals surface area contributed by atoms with Crippen molar-refractivity contribution in [3.63, 3.8) is 0 Å². The molecule has 6 nitrogen and oxygen atoms in total. The number of aryl methyl sites for hydroxylation is 1. The standard InChI is InChI=1S/C12H16N6S/c1-7(2)9-10(18-13)16-6-17-11(9)19-12-14-4-8(3)5-15-12/h4-7H,13H2,1-3H3,(H,16,17,18). The predicted molar refractivity (Wildman–Crippen MR) is 74.8 cm³/mol. The monoisotopic (exact) mass is 276 g/mol. The van der Waals surface area contributed by atoms with E-state index >= 15 is 0 Å². The molecule has 0 spiro atoms. The summed E-state index contributed by atoms with van der Waals surface area (Å²) in [5, 5.41) is 1.48. The first-order chi connectivity index (χ1) is 9.11. The van der Waals surface area contributed by atoms with Gasteiger partial charge >= 0.3 is 0 Å². The third kappa shape index (κ3) is 3.18.